The van der Waals surface area contributed by atoms with Crippen molar-refractivity contribution >= 4 is 18.2 Å². The highest BCUT2D eigenvalue weighted by Crippen LogP contribution is 2.16. The molecule has 0 aromatic carbocycles. The summed E-state index contributed by atoms with van der Waals surface area (Å²) in [5.74, 6) is 4.88. The van der Waals surface area contributed by atoms with E-state index < -0.39 is 18.0 Å². The molecular weight excluding hydrogens is 308 g/mol. The Bertz CT molecular complexity index is 607. The van der Waals surface area contributed by atoms with Gasteiger partial charge in [-0.05, 0) is 32.4 Å². The molecule has 0 saturated heterocycles. The first kappa shape index (κ1) is 21.4. The largest absolute Gasteiger partial charge is 0.458 e. The predicted molar refractivity (Wildman–Crippen MR) is 91.7 cm³/mol. The van der Waals surface area contributed by atoms with Crippen LogP contribution in [0, 0.1) is 11.8 Å². The van der Waals surface area contributed by atoms with E-state index in [1.807, 2.05) is 26.8 Å². The van der Waals surface area contributed by atoms with Gasteiger partial charge in [0.05, 0.1) is 6.26 Å². The molecule has 5 heteroatoms. The zero-order valence-corrected chi connectivity index (χ0v) is 14.8. The van der Waals surface area contributed by atoms with Crippen LogP contribution < -0.4 is 0 Å². The fraction of sp³-hybridized carbons (Fsp3) is 0.421. The molecule has 0 aliphatic rings. The lowest BCUT2D eigenvalue weighted by molar-refractivity contribution is -0.144. The first-order valence-corrected chi connectivity index (χ1v) is 7.55. The summed E-state index contributed by atoms with van der Waals surface area (Å²) >= 11 is 0. The lowest BCUT2D eigenvalue weighted by Gasteiger charge is -2.17. The molecule has 0 saturated carbocycles. The molecule has 0 N–H and O–H groups in total. The maximum absolute atomic E-state index is 11.3. The van der Waals surface area contributed by atoms with Crippen LogP contribution in [0.2, 0.25) is 0 Å². The van der Waals surface area contributed by atoms with Crippen LogP contribution in [0.1, 0.15) is 47.5 Å². The van der Waals surface area contributed by atoms with Gasteiger partial charge in [0, 0.05) is 32.3 Å². The summed E-state index contributed by atoms with van der Waals surface area (Å²) in [6.45, 7) is 8.28. The fourth-order valence-electron chi connectivity index (χ4n) is 1.61. The number of carbonyl (C=O) groups excluding carboxylic acids is 3. The summed E-state index contributed by atoms with van der Waals surface area (Å²) in [6, 6.07) is 0. The molecule has 0 fully saturated rings. The molecule has 0 rings (SSSR count). The maximum atomic E-state index is 11.3. The van der Waals surface area contributed by atoms with E-state index in [1.54, 1.807) is 6.08 Å². The Hall–Kier alpha value is -2.61. The summed E-state index contributed by atoms with van der Waals surface area (Å²) < 4.78 is 10.0. The minimum atomic E-state index is -0.688. The van der Waals surface area contributed by atoms with Crippen LogP contribution in [0.4, 0.5) is 0 Å². The van der Waals surface area contributed by atoms with Crippen molar-refractivity contribution in [2.75, 3.05) is 0 Å². The van der Waals surface area contributed by atoms with Gasteiger partial charge in [0.15, 0.2) is 0 Å². The van der Waals surface area contributed by atoms with Gasteiger partial charge in [-0.1, -0.05) is 23.5 Å². The van der Waals surface area contributed by atoms with E-state index in [9.17, 15) is 14.4 Å². The van der Waals surface area contributed by atoms with Crippen LogP contribution in [0.5, 0.6) is 0 Å². The van der Waals surface area contributed by atoms with Gasteiger partial charge in [0.2, 0.25) is 0 Å². The third kappa shape index (κ3) is 11.0. The van der Waals surface area contributed by atoms with Gasteiger partial charge in [0.1, 0.15) is 12.4 Å². The molecule has 0 aliphatic carbocycles. The van der Waals surface area contributed by atoms with Crippen molar-refractivity contribution in [1.82, 2.24) is 0 Å². The number of esters is 2. The maximum Gasteiger partial charge on any atom is 0.307 e. The molecule has 0 aromatic rings. The van der Waals surface area contributed by atoms with Crippen molar-refractivity contribution in [3.63, 3.8) is 0 Å². The molecule has 0 spiro atoms. The van der Waals surface area contributed by atoms with E-state index in [2.05, 4.69) is 11.8 Å². The summed E-state index contributed by atoms with van der Waals surface area (Å²) in [7, 11) is 0. The molecular formula is C19H24O5. The van der Waals surface area contributed by atoms with Crippen LogP contribution in [-0.2, 0) is 23.9 Å². The van der Waals surface area contributed by atoms with Gasteiger partial charge in [0.25, 0.3) is 0 Å². The normalized spacial score (nSPS) is 12.4. The van der Waals surface area contributed by atoms with E-state index in [4.69, 9.17) is 9.47 Å². The Labute approximate surface area is 143 Å². The molecule has 0 aromatic heterocycles. The van der Waals surface area contributed by atoms with Gasteiger partial charge >= 0.3 is 11.9 Å². The highest BCUT2D eigenvalue weighted by molar-refractivity contribution is 5.68. The second-order valence-corrected chi connectivity index (χ2v) is 5.38. The van der Waals surface area contributed by atoms with Crippen LogP contribution >= 0.6 is 0 Å². The van der Waals surface area contributed by atoms with E-state index >= 15 is 0 Å². The van der Waals surface area contributed by atoms with E-state index in [0.717, 1.165) is 11.1 Å². The smallest absolute Gasteiger partial charge is 0.307 e. The molecule has 1 unspecified atom stereocenters. The monoisotopic (exact) mass is 332 g/mol. The van der Waals surface area contributed by atoms with Crippen LogP contribution in [0.3, 0.4) is 0 Å². The first-order chi connectivity index (χ1) is 11.3. The van der Waals surface area contributed by atoms with Crippen LogP contribution in [-0.4, -0.2) is 24.3 Å². The molecule has 0 radical (unpaired) electrons. The standard InChI is InChI=1S/C19H24O5/c1-14(2)7-6-8-15(3)9-10-19(24-17(5)22)18(11-12-20)13-23-16(4)21/h7,9,12-13,19H,10-11H2,1-5H3. The Morgan fingerprint density at radius 1 is 1.08 bits per heavy atom. The third-order valence-electron chi connectivity index (χ3n) is 2.69. The minimum Gasteiger partial charge on any atom is -0.458 e. The Balaban J connectivity index is 5.27. The number of allylic oxidation sites excluding steroid dienone is 3. The molecule has 0 amide bonds. The molecule has 5 nitrogen and oxygen atoms in total. The van der Waals surface area contributed by atoms with E-state index in [-0.39, 0.29) is 6.42 Å². The fourth-order valence-corrected chi connectivity index (χ4v) is 1.61. The lowest BCUT2D eigenvalue weighted by atomic mass is 10.0. The highest BCUT2D eigenvalue weighted by atomic mass is 16.5. The third-order valence-corrected chi connectivity index (χ3v) is 2.69. The van der Waals surface area contributed by atoms with Crippen LogP contribution in [0.25, 0.3) is 0 Å². The molecule has 0 aliphatic heterocycles. The molecule has 130 valence electrons. The first-order valence-electron chi connectivity index (χ1n) is 7.55. The predicted octanol–water partition coefficient (Wildman–Crippen LogP) is 3.26. The number of aldehydes is 1. The van der Waals surface area contributed by atoms with Gasteiger partial charge < -0.3 is 14.3 Å². The highest BCUT2D eigenvalue weighted by Gasteiger charge is 2.17. The topological polar surface area (TPSA) is 69.7 Å². The Morgan fingerprint density at radius 3 is 2.25 bits per heavy atom. The molecule has 1 atom stereocenters. The minimum absolute atomic E-state index is 0.00155. The lowest BCUT2D eigenvalue weighted by Crippen LogP contribution is -2.19. The average Bonchev–Trinajstić information content (AvgIpc) is 2.47. The zero-order valence-electron chi connectivity index (χ0n) is 14.8. The van der Waals surface area contributed by atoms with Crippen molar-refractivity contribution in [1.29, 1.82) is 0 Å². The van der Waals surface area contributed by atoms with Crippen molar-refractivity contribution in [3.05, 3.63) is 35.1 Å². The van der Waals surface area contributed by atoms with Crippen molar-refractivity contribution in [2.45, 2.75) is 53.6 Å². The number of hydrogen-bond donors (Lipinski definition) is 0. The quantitative estimate of drug-likeness (QED) is 0.310. The zero-order chi connectivity index (χ0) is 18.5. The molecule has 0 bridgehead atoms. The average molecular weight is 332 g/mol. The summed E-state index contributed by atoms with van der Waals surface area (Å²) in [5, 5.41) is 0. The van der Waals surface area contributed by atoms with Gasteiger partial charge in [-0.15, -0.1) is 0 Å². The number of carbonyl (C=O) groups is 3. The summed E-state index contributed by atoms with van der Waals surface area (Å²) in [5.41, 5.74) is 2.32. The van der Waals surface area contributed by atoms with E-state index in [1.165, 1.54) is 20.1 Å². The van der Waals surface area contributed by atoms with Crippen molar-refractivity contribution in [2.24, 2.45) is 0 Å². The second kappa shape index (κ2) is 11.9. The molecule has 0 heterocycles. The Morgan fingerprint density at radius 2 is 1.75 bits per heavy atom. The van der Waals surface area contributed by atoms with Gasteiger partial charge in [-0.2, -0.15) is 0 Å². The number of ether oxygens (including phenoxy) is 2. The molecule has 24 heavy (non-hydrogen) atoms. The van der Waals surface area contributed by atoms with Gasteiger partial charge in [-0.3, -0.25) is 9.59 Å². The van der Waals surface area contributed by atoms with Crippen molar-refractivity contribution in [3.8, 4) is 11.8 Å². The van der Waals surface area contributed by atoms with Crippen LogP contribution in [0.15, 0.2) is 35.1 Å². The summed E-state index contributed by atoms with van der Waals surface area (Å²) in [4.78, 5) is 33.1. The Kier molecular flexibility index (Phi) is 10.6. The SMILES string of the molecule is CC(=O)OC=C(CC=O)C(CC=C(C)C#CC=C(C)C)OC(C)=O. The van der Waals surface area contributed by atoms with Crippen molar-refractivity contribution < 1.29 is 23.9 Å². The summed E-state index contributed by atoms with van der Waals surface area (Å²) in [6.07, 6.45) is 5.09. The number of rotatable bonds is 7. The second-order valence-electron chi connectivity index (χ2n) is 5.38. The number of hydrogen-bond acceptors (Lipinski definition) is 5. The van der Waals surface area contributed by atoms with E-state index in [0.29, 0.717) is 18.3 Å². The van der Waals surface area contributed by atoms with Gasteiger partial charge in [-0.25, -0.2) is 0 Å².